The van der Waals surface area contributed by atoms with Crippen LogP contribution < -0.4 is 0 Å². The lowest BCUT2D eigenvalue weighted by Gasteiger charge is -2.16. The van der Waals surface area contributed by atoms with Gasteiger partial charge >= 0.3 is 0 Å². The average Bonchev–Trinajstić information content (AvgIpc) is 3.11. The zero-order chi connectivity index (χ0) is 18.8. The van der Waals surface area contributed by atoms with Crippen molar-refractivity contribution in [1.82, 2.24) is 9.88 Å². The van der Waals surface area contributed by atoms with E-state index < -0.39 is 5.82 Å². The number of hydrogen-bond donors (Lipinski definition) is 1. The van der Waals surface area contributed by atoms with Crippen LogP contribution in [-0.2, 0) is 19.5 Å². The Bertz CT molecular complexity index is 978. The van der Waals surface area contributed by atoms with Crippen LogP contribution in [0.2, 0.25) is 0 Å². The number of pyridine rings is 1. The largest absolute Gasteiger partial charge is 0.396 e. The van der Waals surface area contributed by atoms with E-state index in [0.29, 0.717) is 36.3 Å². The Labute approximate surface area is 156 Å². The second-order valence-corrected chi connectivity index (χ2v) is 6.65. The van der Waals surface area contributed by atoms with Crippen molar-refractivity contribution >= 4 is 5.91 Å². The molecule has 0 atom stereocenters. The minimum atomic E-state index is -0.470. The molecule has 3 aromatic rings. The summed E-state index contributed by atoms with van der Waals surface area (Å²) in [5.41, 5.74) is 4.42. The third-order valence-electron chi connectivity index (χ3n) is 4.74. The van der Waals surface area contributed by atoms with Crippen LogP contribution in [0.4, 0.5) is 4.39 Å². The molecule has 27 heavy (non-hydrogen) atoms. The highest BCUT2D eigenvalue weighted by Gasteiger charge is 2.24. The minimum absolute atomic E-state index is 0.00113. The monoisotopic (exact) mass is 362 g/mol. The number of rotatable bonds is 4. The van der Waals surface area contributed by atoms with Gasteiger partial charge in [0.05, 0.1) is 5.69 Å². The highest BCUT2D eigenvalue weighted by atomic mass is 19.1. The Morgan fingerprint density at radius 3 is 2.48 bits per heavy atom. The van der Waals surface area contributed by atoms with Crippen LogP contribution in [-0.4, -0.2) is 27.5 Å². The predicted octanol–water partition coefficient (Wildman–Crippen LogP) is 3.58. The predicted molar refractivity (Wildman–Crippen MR) is 100 cm³/mol. The van der Waals surface area contributed by atoms with Gasteiger partial charge in [-0.3, -0.25) is 9.78 Å². The Morgan fingerprint density at radius 2 is 1.78 bits per heavy atom. The topological polar surface area (TPSA) is 53.4 Å². The first-order chi connectivity index (χ1) is 13.1. The highest BCUT2D eigenvalue weighted by Crippen LogP contribution is 2.26. The smallest absolute Gasteiger partial charge is 0.254 e. The first-order valence-corrected chi connectivity index (χ1v) is 8.88. The normalized spacial score (nSPS) is 12.9. The maximum absolute atomic E-state index is 14.2. The summed E-state index contributed by atoms with van der Waals surface area (Å²) in [5.74, 6) is -0.666. The fourth-order valence-electron chi connectivity index (χ4n) is 3.41. The van der Waals surface area contributed by atoms with Gasteiger partial charge in [-0.1, -0.05) is 30.3 Å². The van der Waals surface area contributed by atoms with Gasteiger partial charge in [-0.15, -0.1) is 0 Å². The van der Waals surface area contributed by atoms with Crippen LogP contribution in [0, 0.1) is 5.82 Å². The molecular weight excluding hydrogens is 343 g/mol. The molecule has 0 saturated carbocycles. The molecule has 0 bridgehead atoms. The standard InChI is InChI=1S/C22H19FN2O2/c23-19-11-17(21-7-3-6-20(24-21)8-9-26)10-18(12-19)22(27)25-13-15-4-1-2-5-16(15)14-25/h1-7,10-12,26H,8-9,13-14H2. The number of carbonyl (C=O) groups excluding carboxylic acids is 1. The van der Waals surface area contributed by atoms with Gasteiger partial charge in [0, 0.05) is 42.9 Å². The number of nitrogens with zero attached hydrogens (tertiary/aromatic N) is 2. The van der Waals surface area contributed by atoms with Crippen molar-refractivity contribution in [3.05, 3.63) is 88.9 Å². The van der Waals surface area contributed by atoms with Gasteiger partial charge in [0.25, 0.3) is 5.91 Å². The first-order valence-electron chi connectivity index (χ1n) is 8.88. The average molecular weight is 362 g/mol. The van der Waals surface area contributed by atoms with E-state index in [0.717, 1.165) is 16.8 Å². The summed E-state index contributed by atoms with van der Waals surface area (Å²) in [6.07, 6.45) is 0.432. The van der Waals surface area contributed by atoms with E-state index >= 15 is 0 Å². The van der Waals surface area contributed by atoms with Crippen LogP contribution in [0.25, 0.3) is 11.3 Å². The molecule has 5 heteroatoms. The lowest BCUT2D eigenvalue weighted by Crippen LogP contribution is -2.25. The van der Waals surface area contributed by atoms with E-state index in [1.54, 1.807) is 17.0 Å². The number of benzene rings is 2. The molecule has 4 rings (SSSR count). The molecule has 0 unspecified atom stereocenters. The molecule has 1 aromatic heterocycles. The number of carbonyl (C=O) groups is 1. The molecule has 1 aliphatic rings. The molecule has 0 fully saturated rings. The van der Waals surface area contributed by atoms with Crippen LogP contribution in [0.5, 0.6) is 0 Å². The summed E-state index contributed by atoms with van der Waals surface area (Å²) in [5, 5.41) is 9.09. The van der Waals surface area contributed by atoms with Crippen LogP contribution in [0.3, 0.4) is 0 Å². The van der Waals surface area contributed by atoms with Crippen molar-refractivity contribution in [1.29, 1.82) is 0 Å². The van der Waals surface area contributed by atoms with Crippen molar-refractivity contribution in [2.45, 2.75) is 19.5 Å². The van der Waals surface area contributed by atoms with Crippen molar-refractivity contribution in [3.63, 3.8) is 0 Å². The molecule has 0 spiro atoms. The van der Waals surface area contributed by atoms with Crippen molar-refractivity contribution in [3.8, 4) is 11.3 Å². The summed E-state index contributed by atoms with van der Waals surface area (Å²) in [4.78, 5) is 19.1. The zero-order valence-electron chi connectivity index (χ0n) is 14.7. The van der Waals surface area contributed by atoms with E-state index in [-0.39, 0.29) is 12.5 Å². The van der Waals surface area contributed by atoms with Gasteiger partial charge in [-0.2, -0.15) is 0 Å². The van der Waals surface area contributed by atoms with E-state index in [4.69, 9.17) is 5.11 Å². The summed E-state index contributed by atoms with van der Waals surface area (Å²) in [6, 6.07) is 17.7. The summed E-state index contributed by atoms with van der Waals surface area (Å²) in [6.45, 7) is 1.06. The summed E-state index contributed by atoms with van der Waals surface area (Å²) < 4.78 is 14.2. The maximum atomic E-state index is 14.2. The number of hydrogen-bond acceptors (Lipinski definition) is 3. The van der Waals surface area contributed by atoms with E-state index in [1.807, 2.05) is 36.4 Å². The summed E-state index contributed by atoms with van der Waals surface area (Å²) in [7, 11) is 0. The Morgan fingerprint density at radius 1 is 1.04 bits per heavy atom. The number of aromatic nitrogens is 1. The van der Waals surface area contributed by atoms with Gasteiger partial charge < -0.3 is 10.0 Å². The molecule has 1 aliphatic heterocycles. The van der Waals surface area contributed by atoms with Crippen molar-refractivity contribution in [2.75, 3.05) is 6.61 Å². The fourth-order valence-corrected chi connectivity index (χ4v) is 3.41. The number of halogens is 1. The molecule has 136 valence electrons. The molecule has 2 heterocycles. The molecule has 0 aliphatic carbocycles. The molecule has 4 nitrogen and oxygen atoms in total. The Balaban J connectivity index is 1.63. The molecule has 0 saturated heterocycles. The lowest BCUT2D eigenvalue weighted by atomic mass is 10.1. The Hall–Kier alpha value is -3.05. The number of fused-ring (bicyclic) bond motifs is 1. The third kappa shape index (κ3) is 3.59. The lowest BCUT2D eigenvalue weighted by molar-refractivity contribution is 0.0751. The first kappa shape index (κ1) is 17.4. The molecule has 1 N–H and O–H groups in total. The van der Waals surface area contributed by atoms with Gasteiger partial charge in [0.1, 0.15) is 5.82 Å². The SMILES string of the molecule is O=C(c1cc(F)cc(-c2cccc(CCO)n2)c1)N1Cc2ccccc2C1. The maximum Gasteiger partial charge on any atom is 0.254 e. The summed E-state index contributed by atoms with van der Waals surface area (Å²) >= 11 is 0. The second kappa shape index (κ2) is 7.29. The highest BCUT2D eigenvalue weighted by molar-refractivity contribution is 5.95. The van der Waals surface area contributed by atoms with Gasteiger partial charge in [-0.25, -0.2) is 4.39 Å². The molecule has 0 radical (unpaired) electrons. The van der Waals surface area contributed by atoms with Gasteiger partial charge in [0.15, 0.2) is 0 Å². The van der Waals surface area contributed by atoms with Crippen LogP contribution in [0.1, 0.15) is 27.2 Å². The van der Waals surface area contributed by atoms with E-state index in [2.05, 4.69) is 4.98 Å². The zero-order valence-corrected chi connectivity index (χ0v) is 14.7. The van der Waals surface area contributed by atoms with Crippen LogP contribution in [0.15, 0.2) is 60.7 Å². The number of aliphatic hydroxyl groups is 1. The van der Waals surface area contributed by atoms with E-state index in [1.165, 1.54) is 12.1 Å². The van der Waals surface area contributed by atoms with Crippen LogP contribution >= 0.6 is 0 Å². The van der Waals surface area contributed by atoms with E-state index in [9.17, 15) is 9.18 Å². The second-order valence-electron chi connectivity index (χ2n) is 6.65. The van der Waals surface area contributed by atoms with Gasteiger partial charge in [0.2, 0.25) is 0 Å². The number of amides is 1. The molecule has 2 aromatic carbocycles. The number of aliphatic hydroxyl groups excluding tert-OH is 1. The van der Waals surface area contributed by atoms with Gasteiger partial charge in [-0.05, 0) is 41.5 Å². The Kier molecular flexibility index (Phi) is 4.69. The minimum Gasteiger partial charge on any atom is -0.396 e. The quantitative estimate of drug-likeness (QED) is 0.772. The van der Waals surface area contributed by atoms with Crippen molar-refractivity contribution < 1.29 is 14.3 Å². The fraction of sp³-hybridized carbons (Fsp3) is 0.182. The molecular formula is C22H19FN2O2. The van der Waals surface area contributed by atoms with Crippen molar-refractivity contribution in [2.24, 2.45) is 0 Å². The third-order valence-corrected chi connectivity index (χ3v) is 4.74. The molecule has 1 amide bonds.